The van der Waals surface area contributed by atoms with Crippen molar-refractivity contribution in [3.63, 3.8) is 0 Å². The lowest BCUT2D eigenvalue weighted by Crippen LogP contribution is -2.54. The molecule has 5 rings (SSSR count). The van der Waals surface area contributed by atoms with Gasteiger partial charge >= 0.3 is 0 Å². The fraction of sp³-hybridized carbons (Fsp3) is 0.478. The molecule has 0 N–H and O–H groups in total. The van der Waals surface area contributed by atoms with Gasteiger partial charge in [0.25, 0.3) is 0 Å². The Morgan fingerprint density at radius 3 is 2.72 bits per heavy atom. The maximum Gasteiger partial charge on any atom is 0.123 e. The van der Waals surface area contributed by atoms with Gasteiger partial charge in [0, 0.05) is 31.8 Å². The monoisotopic (exact) mass is 333 g/mol. The first-order chi connectivity index (χ1) is 12.2. The van der Waals surface area contributed by atoms with E-state index in [2.05, 4.69) is 54.3 Å². The molecule has 0 unspecified atom stereocenters. The van der Waals surface area contributed by atoms with Crippen LogP contribution in [0, 0.1) is 6.92 Å². The summed E-state index contributed by atoms with van der Waals surface area (Å²) >= 11 is 0. The molecule has 2 atom stereocenters. The van der Waals surface area contributed by atoms with Crippen LogP contribution in [-0.4, -0.2) is 29.6 Å². The van der Waals surface area contributed by atoms with E-state index >= 15 is 0 Å². The molecule has 2 aromatic rings. The van der Waals surface area contributed by atoms with E-state index in [1.165, 1.54) is 67.4 Å². The van der Waals surface area contributed by atoms with Crippen LogP contribution in [0.3, 0.4) is 0 Å². The van der Waals surface area contributed by atoms with Crippen molar-refractivity contribution in [1.82, 2.24) is 4.90 Å². The van der Waals surface area contributed by atoms with E-state index in [1.54, 1.807) is 0 Å². The number of hydrogen-bond acceptors (Lipinski definition) is 2. The molecule has 3 aliphatic rings. The van der Waals surface area contributed by atoms with Gasteiger partial charge in [-0.15, -0.1) is 0 Å². The number of fused-ring (bicyclic) bond motifs is 2. The van der Waals surface area contributed by atoms with Crippen LogP contribution in [0.1, 0.15) is 43.2 Å². The van der Waals surface area contributed by atoms with Crippen LogP contribution in [0.15, 0.2) is 42.5 Å². The molecule has 0 aromatic heterocycles. The molecular weight excluding hydrogens is 306 g/mol. The first-order valence-corrected chi connectivity index (χ1v) is 9.84. The van der Waals surface area contributed by atoms with E-state index < -0.39 is 0 Å². The molecule has 2 fully saturated rings. The molecule has 0 radical (unpaired) electrons. The van der Waals surface area contributed by atoms with Crippen LogP contribution in [0.25, 0.3) is 11.1 Å². The molecular formula is C23H27NO. The molecule has 2 saturated heterocycles. The third-order valence-electron chi connectivity index (χ3n) is 6.50. The molecule has 0 aliphatic carbocycles. The average Bonchev–Trinajstić information content (AvgIpc) is 2.98. The second-order valence-corrected chi connectivity index (χ2v) is 8.29. The Labute approximate surface area is 150 Å². The summed E-state index contributed by atoms with van der Waals surface area (Å²) in [4.78, 5) is 2.71. The van der Waals surface area contributed by atoms with Crippen molar-refractivity contribution in [3.8, 4) is 16.9 Å². The Morgan fingerprint density at radius 2 is 1.84 bits per heavy atom. The smallest absolute Gasteiger partial charge is 0.123 e. The Balaban J connectivity index is 1.39. The zero-order valence-electron chi connectivity index (χ0n) is 15.1. The Bertz CT molecular complexity index is 781. The van der Waals surface area contributed by atoms with Gasteiger partial charge in [-0.3, -0.25) is 0 Å². The second-order valence-electron chi connectivity index (χ2n) is 8.29. The zero-order valence-corrected chi connectivity index (χ0v) is 15.1. The third-order valence-corrected chi connectivity index (χ3v) is 6.50. The maximum absolute atomic E-state index is 6.57. The van der Waals surface area contributed by atoms with Crippen molar-refractivity contribution in [2.75, 3.05) is 13.1 Å². The van der Waals surface area contributed by atoms with Crippen molar-refractivity contribution in [3.05, 3.63) is 53.6 Å². The molecule has 3 aliphatic heterocycles. The van der Waals surface area contributed by atoms with Crippen LogP contribution >= 0.6 is 0 Å². The van der Waals surface area contributed by atoms with E-state index in [-0.39, 0.29) is 5.60 Å². The van der Waals surface area contributed by atoms with Gasteiger partial charge in [-0.25, -0.2) is 0 Å². The Kier molecular flexibility index (Phi) is 3.63. The van der Waals surface area contributed by atoms with Crippen LogP contribution < -0.4 is 4.74 Å². The topological polar surface area (TPSA) is 12.5 Å². The summed E-state index contributed by atoms with van der Waals surface area (Å²) in [6, 6.07) is 16.4. The first-order valence-electron chi connectivity index (χ1n) is 9.84. The summed E-state index contributed by atoms with van der Waals surface area (Å²) < 4.78 is 6.57. The zero-order chi connectivity index (χ0) is 16.9. The molecule has 2 aromatic carbocycles. The fourth-order valence-corrected chi connectivity index (χ4v) is 5.08. The molecule has 1 spiro atoms. The predicted molar refractivity (Wildman–Crippen MR) is 102 cm³/mol. The van der Waals surface area contributed by atoms with Crippen LogP contribution in [0.2, 0.25) is 0 Å². The number of piperidine rings is 2. The molecule has 130 valence electrons. The molecule has 0 amide bonds. The molecule has 25 heavy (non-hydrogen) atoms. The number of nitrogens with zero attached hydrogens (tertiary/aromatic N) is 1. The summed E-state index contributed by atoms with van der Waals surface area (Å²) in [5, 5.41) is 0. The van der Waals surface area contributed by atoms with E-state index in [9.17, 15) is 0 Å². The number of aryl methyl sites for hydroxylation is 1. The van der Waals surface area contributed by atoms with E-state index in [0.29, 0.717) is 0 Å². The first kappa shape index (κ1) is 15.5. The molecule has 0 saturated carbocycles. The van der Waals surface area contributed by atoms with Crippen LogP contribution in [0.4, 0.5) is 0 Å². The fourth-order valence-electron chi connectivity index (χ4n) is 5.08. The highest BCUT2D eigenvalue weighted by atomic mass is 16.5. The lowest BCUT2D eigenvalue weighted by molar-refractivity contribution is -0.0249. The normalized spacial score (nSPS) is 28.4. The Hall–Kier alpha value is -1.80. The van der Waals surface area contributed by atoms with Crippen molar-refractivity contribution in [2.45, 2.75) is 57.1 Å². The molecule has 3 heterocycles. The summed E-state index contributed by atoms with van der Waals surface area (Å²) in [6.45, 7) is 4.65. The number of rotatable bonds is 1. The van der Waals surface area contributed by atoms with Crippen molar-refractivity contribution in [2.24, 2.45) is 0 Å². The van der Waals surface area contributed by atoms with Gasteiger partial charge in [-0.05, 0) is 55.1 Å². The lowest BCUT2D eigenvalue weighted by Gasteiger charge is -2.46. The Morgan fingerprint density at radius 1 is 1.00 bits per heavy atom. The minimum absolute atomic E-state index is 0.0622. The SMILES string of the molecule is Cc1ccc(-c2ccc3c(c2)C[C@]2(CCN4CCCC[C@H]4C2)O3)cc1. The summed E-state index contributed by atoms with van der Waals surface area (Å²) in [6.07, 6.45) is 7.61. The summed E-state index contributed by atoms with van der Waals surface area (Å²) in [5.41, 5.74) is 5.40. The molecule has 2 nitrogen and oxygen atoms in total. The number of hydrogen-bond donors (Lipinski definition) is 0. The summed E-state index contributed by atoms with van der Waals surface area (Å²) in [5.74, 6) is 1.13. The van der Waals surface area contributed by atoms with Gasteiger partial charge in [0.1, 0.15) is 11.4 Å². The van der Waals surface area contributed by atoms with E-state index in [1.807, 2.05) is 0 Å². The second kappa shape index (κ2) is 5.88. The largest absolute Gasteiger partial charge is 0.487 e. The van der Waals surface area contributed by atoms with Crippen LogP contribution in [-0.2, 0) is 6.42 Å². The highest BCUT2D eigenvalue weighted by Gasteiger charge is 2.46. The van der Waals surface area contributed by atoms with Gasteiger partial charge in [0.05, 0.1) is 0 Å². The van der Waals surface area contributed by atoms with Gasteiger partial charge in [-0.2, -0.15) is 0 Å². The van der Waals surface area contributed by atoms with Gasteiger partial charge < -0.3 is 9.64 Å². The van der Waals surface area contributed by atoms with E-state index in [4.69, 9.17) is 4.74 Å². The summed E-state index contributed by atoms with van der Waals surface area (Å²) in [7, 11) is 0. The van der Waals surface area contributed by atoms with Gasteiger partial charge in [-0.1, -0.05) is 42.3 Å². The van der Waals surface area contributed by atoms with Crippen molar-refractivity contribution >= 4 is 0 Å². The minimum Gasteiger partial charge on any atom is -0.487 e. The quantitative estimate of drug-likeness (QED) is 0.729. The highest BCUT2D eigenvalue weighted by molar-refractivity contribution is 5.66. The van der Waals surface area contributed by atoms with Crippen molar-refractivity contribution in [1.29, 1.82) is 0 Å². The predicted octanol–water partition coefficient (Wildman–Crippen LogP) is 4.98. The number of benzene rings is 2. The van der Waals surface area contributed by atoms with Crippen molar-refractivity contribution < 1.29 is 4.74 Å². The van der Waals surface area contributed by atoms with E-state index in [0.717, 1.165) is 18.2 Å². The average molecular weight is 333 g/mol. The molecule has 2 heteroatoms. The lowest BCUT2D eigenvalue weighted by atomic mass is 9.80. The number of ether oxygens (including phenoxy) is 1. The van der Waals surface area contributed by atoms with Gasteiger partial charge in [0.2, 0.25) is 0 Å². The van der Waals surface area contributed by atoms with Gasteiger partial charge in [0.15, 0.2) is 0 Å². The molecule has 0 bridgehead atoms. The maximum atomic E-state index is 6.57. The highest BCUT2D eigenvalue weighted by Crippen LogP contribution is 2.45. The minimum atomic E-state index is 0.0622. The third kappa shape index (κ3) is 2.77. The standard InChI is InChI=1S/C23H27NO/c1-17-5-7-18(8-6-17)19-9-10-22-20(14-19)15-23(25-22)11-13-24-12-3-2-4-21(24)16-23/h5-10,14,21H,2-4,11-13,15-16H2,1H3/t21-,23-/m0/s1. The van der Waals surface area contributed by atoms with Crippen LogP contribution in [0.5, 0.6) is 5.75 Å².